The minimum atomic E-state index is -0.716. The lowest BCUT2D eigenvalue weighted by molar-refractivity contribution is -0.145. The Morgan fingerprint density at radius 2 is 2.06 bits per heavy atom. The summed E-state index contributed by atoms with van der Waals surface area (Å²) in [5, 5.41) is 9.12. The number of carboxylic acids is 1. The molecule has 96 valence electrons. The molecule has 17 heavy (non-hydrogen) atoms. The topological polar surface area (TPSA) is 66.8 Å². The van der Waals surface area contributed by atoms with Crippen LogP contribution in [0, 0.1) is 11.3 Å². The van der Waals surface area contributed by atoms with E-state index in [-0.39, 0.29) is 12.0 Å². The first-order valence-corrected chi connectivity index (χ1v) is 5.96. The van der Waals surface area contributed by atoms with Crippen LogP contribution in [-0.4, -0.2) is 40.8 Å². The summed E-state index contributed by atoms with van der Waals surface area (Å²) in [7, 11) is 0. The number of rotatable bonds is 1. The van der Waals surface area contributed by atoms with Crippen LogP contribution < -0.4 is 0 Å². The maximum Gasteiger partial charge on any atom is 0.410 e. The monoisotopic (exact) mass is 241 g/mol. The van der Waals surface area contributed by atoms with Crippen LogP contribution in [0.1, 0.15) is 33.6 Å². The molecule has 0 aromatic heterocycles. The number of carbonyl (C=O) groups is 2. The standard InChI is InChI=1S/C12H19NO4/c1-11(2,3)17-10(16)13-5-4-12(9(14)15)6-8(12)7-13/h8H,4-7H2,1-3H3,(H,14,15)/t8?,12-/m1/s1. The van der Waals surface area contributed by atoms with Crippen molar-refractivity contribution >= 4 is 12.1 Å². The highest BCUT2D eigenvalue weighted by Gasteiger charge is 2.62. The van der Waals surface area contributed by atoms with Gasteiger partial charge in [0, 0.05) is 13.1 Å². The molecule has 2 rings (SSSR count). The molecule has 5 nitrogen and oxygen atoms in total. The fourth-order valence-corrected chi connectivity index (χ4v) is 2.48. The molecule has 2 aliphatic rings. The van der Waals surface area contributed by atoms with Crippen molar-refractivity contribution in [1.82, 2.24) is 4.90 Å². The van der Waals surface area contributed by atoms with Crippen molar-refractivity contribution in [2.75, 3.05) is 13.1 Å². The second-order valence-electron chi connectivity index (χ2n) is 6.04. The van der Waals surface area contributed by atoms with Crippen LogP contribution in [0.2, 0.25) is 0 Å². The lowest BCUT2D eigenvalue weighted by Crippen LogP contribution is -2.43. The molecule has 2 atom stereocenters. The second-order valence-corrected chi connectivity index (χ2v) is 6.04. The Bertz CT molecular complexity index is 360. The molecule has 1 heterocycles. The van der Waals surface area contributed by atoms with E-state index in [1.54, 1.807) is 4.90 Å². The van der Waals surface area contributed by atoms with Gasteiger partial charge in [-0.15, -0.1) is 0 Å². The van der Waals surface area contributed by atoms with Crippen LogP contribution in [0.5, 0.6) is 0 Å². The number of fused-ring (bicyclic) bond motifs is 1. The van der Waals surface area contributed by atoms with Crippen molar-refractivity contribution in [3.8, 4) is 0 Å². The Balaban J connectivity index is 1.92. The Morgan fingerprint density at radius 3 is 2.53 bits per heavy atom. The highest BCUT2D eigenvalue weighted by molar-refractivity contribution is 5.79. The molecule has 1 unspecified atom stereocenters. The number of aliphatic carboxylic acids is 1. The quantitative estimate of drug-likeness (QED) is 0.759. The molecular formula is C12H19NO4. The summed E-state index contributed by atoms with van der Waals surface area (Å²) in [6, 6.07) is 0. The molecule has 0 spiro atoms. The van der Waals surface area contributed by atoms with Crippen LogP contribution in [0.3, 0.4) is 0 Å². The van der Waals surface area contributed by atoms with E-state index < -0.39 is 17.0 Å². The number of ether oxygens (including phenoxy) is 1. The average Bonchev–Trinajstić information content (AvgIpc) is 2.88. The third-order valence-electron chi connectivity index (χ3n) is 3.58. The van der Waals surface area contributed by atoms with E-state index in [1.165, 1.54) is 0 Å². The molecule has 1 saturated carbocycles. The maximum atomic E-state index is 11.8. The van der Waals surface area contributed by atoms with Gasteiger partial charge in [0.1, 0.15) is 5.60 Å². The average molecular weight is 241 g/mol. The lowest BCUT2D eigenvalue weighted by Gasteiger charge is -2.31. The number of carboxylic acid groups (broad SMARTS) is 1. The van der Waals surface area contributed by atoms with Crippen LogP contribution >= 0.6 is 0 Å². The normalized spacial score (nSPS) is 31.7. The fraction of sp³-hybridized carbons (Fsp3) is 0.833. The summed E-state index contributed by atoms with van der Waals surface area (Å²) in [6.07, 6.45) is 0.914. The van der Waals surface area contributed by atoms with Gasteiger partial charge < -0.3 is 14.7 Å². The van der Waals surface area contributed by atoms with Gasteiger partial charge in [0.25, 0.3) is 0 Å². The lowest BCUT2D eigenvalue weighted by atomic mass is 9.96. The number of hydrogen-bond donors (Lipinski definition) is 1. The molecule has 2 fully saturated rings. The first-order valence-electron chi connectivity index (χ1n) is 5.96. The Labute approximate surface area is 101 Å². The minimum absolute atomic E-state index is 0.112. The number of hydrogen-bond acceptors (Lipinski definition) is 3. The molecule has 1 N–H and O–H groups in total. The van der Waals surface area contributed by atoms with E-state index in [1.807, 2.05) is 20.8 Å². The van der Waals surface area contributed by atoms with Gasteiger partial charge in [0.05, 0.1) is 5.41 Å². The molecule has 0 radical (unpaired) electrons. The first kappa shape index (κ1) is 12.2. The van der Waals surface area contributed by atoms with Crippen molar-refractivity contribution < 1.29 is 19.4 Å². The molecule has 1 aliphatic carbocycles. The predicted molar refractivity (Wildman–Crippen MR) is 60.6 cm³/mol. The molecule has 1 aliphatic heterocycles. The van der Waals surface area contributed by atoms with E-state index >= 15 is 0 Å². The fourth-order valence-electron chi connectivity index (χ4n) is 2.48. The van der Waals surface area contributed by atoms with Crippen molar-refractivity contribution in [1.29, 1.82) is 0 Å². The zero-order valence-electron chi connectivity index (χ0n) is 10.5. The van der Waals surface area contributed by atoms with E-state index in [4.69, 9.17) is 9.84 Å². The van der Waals surface area contributed by atoms with Gasteiger partial charge >= 0.3 is 12.1 Å². The van der Waals surface area contributed by atoms with E-state index in [0.717, 1.165) is 0 Å². The molecule has 0 aromatic rings. The summed E-state index contributed by atoms with van der Waals surface area (Å²) in [5.74, 6) is -0.604. The summed E-state index contributed by atoms with van der Waals surface area (Å²) >= 11 is 0. The second kappa shape index (κ2) is 3.62. The summed E-state index contributed by atoms with van der Waals surface area (Å²) < 4.78 is 5.28. The number of piperidine rings is 1. The highest BCUT2D eigenvalue weighted by Crippen LogP contribution is 2.58. The van der Waals surface area contributed by atoms with Crippen molar-refractivity contribution in [2.24, 2.45) is 11.3 Å². The summed E-state index contributed by atoms with van der Waals surface area (Å²) in [6.45, 7) is 6.48. The number of amides is 1. The molecule has 5 heteroatoms. The number of carbonyl (C=O) groups excluding carboxylic acids is 1. The molecule has 1 saturated heterocycles. The third kappa shape index (κ3) is 2.23. The van der Waals surface area contributed by atoms with E-state index in [0.29, 0.717) is 25.9 Å². The van der Waals surface area contributed by atoms with Gasteiger partial charge in [0.15, 0.2) is 0 Å². The maximum absolute atomic E-state index is 11.8. The SMILES string of the molecule is CC(C)(C)OC(=O)N1CC[C@@]2(C(=O)O)CC2C1. The molecule has 0 bridgehead atoms. The number of nitrogens with zero attached hydrogens (tertiary/aromatic N) is 1. The number of likely N-dealkylation sites (tertiary alicyclic amines) is 1. The summed E-state index contributed by atoms with van der Waals surface area (Å²) in [4.78, 5) is 24.5. The predicted octanol–water partition coefficient (Wildman–Crippen LogP) is 1.72. The van der Waals surface area contributed by atoms with Crippen LogP contribution in [0.15, 0.2) is 0 Å². The molecular weight excluding hydrogens is 222 g/mol. The van der Waals surface area contributed by atoms with Gasteiger partial charge in [0.2, 0.25) is 0 Å². The van der Waals surface area contributed by atoms with Crippen molar-refractivity contribution in [2.45, 2.75) is 39.2 Å². The largest absolute Gasteiger partial charge is 0.481 e. The van der Waals surface area contributed by atoms with Crippen molar-refractivity contribution in [3.05, 3.63) is 0 Å². The van der Waals surface area contributed by atoms with Gasteiger partial charge in [-0.1, -0.05) is 0 Å². The summed E-state index contributed by atoms with van der Waals surface area (Å²) in [5.41, 5.74) is -1.04. The van der Waals surface area contributed by atoms with Crippen LogP contribution in [0.4, 0.5) is 4.79 Å². The highest BCUT2D eigenvalue weighted by atomic mass is 16.6. The Morgan fingerprint density at radius 1 is 1.41 bits per heavy atom. The first-order chi connectivity index (χ1) is 7.74. The van der Waals surface area contributed by atoms with Gasteiger partial charge in [-0.3, -0.25) is 4.79 Å². The zero-order valence-corrected chi connectivity index (χ0v) is 10.5. The Hall–Kier alpha value is -1.26. The zero-order chi connectivity index (χ0) is 12.8. The third-order valence-corrected chi connectivity index (χ3v) is 3.58. The van der Waals surface area contributed by atoms with E-state index in [9.17, 15) is 9.59 Å². The molecule has 1 amide bonds. The van der Waals surface area contributed by atoms with Gasteiger partial charge in [-0.05, 0) is 39.5 Å². The van der Waals surface area contributed by atoms with Crippen LogP contribution in [-0.2, 0) is 9.53 Å². The van der Waals surface area contributed by atoms with Crippen molar-refractivity contribution in [3.63, 3.8) is 0 Å². The minimum Gasteiger partial charge on any atom is -0.481 e. The van der Waals surface area contributed by atoms with Gasteiger partial charge in [-0.2, -0.15) is 0 Å². The van der Waals surface area contributed by atoms with E-state index in [2.05, 4.69) is 0 Å². The Kier molecular flexibility index (Phi) is 2.60. The smallest absolute Gasteiger partial charge is 0.410 e. The molecule has 0 aromatic carbocycles. The van der Waals surface area contributed by atoms with Crippen LogP contribution in [0.25, 0.3) is 0 Å². The van der Waals surface area contributed by atoms with Gasteiger partial charge in [-0.25, -0.2) is 4.79 Å².